The summed E-state index contributed by atoms with van der Waals surface area (Å²) < 4.78 is 11.2. The first-order valence-electron chi connectivity index (χ1n) is 14.7. The predicted octanol–water partition coefficient (Wildman–Crippen LogP) is 10.9. The lowest BCUT2D eigenvalue weighted by atomic mass is 10.1. The van der Waals surface area contributed by atoms with Crippen molar-refractivity contribution in [2.45, 2.75) is 0 Å². The molecular weight excluding hydrogens is 524 g/mol. The smallest absolute Gasteiger partial charge is 0.136 e. The molecule has 0 saturated carbocycles. The Hall–Kier alpha value is -5.80. The number of rotatable bonds is 2. The van der Waals surface area contributed by atoms with E-state index in [1.807, 2.05) is 0 Å². The van der Waals surface area contributed by atoms with Crippen LogP contribution in [0.25, 0.3) is 87.7 Å². The average molecular weight is 549 g/mol. The second kappa shape index (κ2) is 8.37. The zero-order valence-corrected chi connectivity index (χ0v) is 23.2. The number of nitrogens with zero attached hydrogens (tertiary/aromatic N) is 2. The number of aromatic nitrogens is 2. The van der Waals surface area contributed by atoms with Crippen LogP contribution >= 0.6 is 0 Å². The van der Waals surface area contributed by atoms with E-state index >= 15 is 0 Å². The molecule has 0 aliphatic carbocycles. The average Bonchev–Trinajstić information content (AvgIpc) is 3.69. The molecule has 10 rings (SSSR count). The van der Waals surface area contributed by atoms with E-state index in [9.17, 15) is 0 Å². The van der Waals surface area contributed by atoms with Crippen LogP contribution in [0.4, 0.5) is 0 Å². The molecular formula is C40H24N2O. The minimum absolute atomic E-state index is 0.904. The molecule has 0 atom stereocenters. The minimum atomic E-state index is 0.904. The highest BCUT2D eigenvalue weighted by Crippen LogP contribution is 2.40. The fourth-order valence-corrected chi connectivity index (χ4v) is 7.15. The second-order valence-corrected chi connectivity index (χ2v) is 11.4. The Morgan fingerprint density at radius 2 is 0.907 bits per heavy atom. The summed E-state index contributed by atoms with van der Waals surface area (Å²) in [6.45, 7) is 0. The van der Waals surface area contributed by atoms with Gasteiger partial charge in [-0.3, -0.25) is 0 Å². The Morgan fingerprint density at radius 1 is 0.326 bits per heavy atom. The van der Waals surface area contributed by atoms with Gasteiger partial charge < -0.3 is 13.6 Å². The van der Waals surface area contributed by atoms with Crippen molar-refractivity contribution >= 4 is 76.3 Å². The monoisotopic (exact) mass is 548 g/mol. The summed E-state index contributed by atoms with van der Waals surface area (Å²) in [6.07, 6.45) is 0. The highest BCUT2D eigenvalue weighted by Gasteiger charge is 2.19. The van der Waals surface area contributed by atoms with Gasteiger partial charge in [-0.2, -0.15) is 0 Å². The number of hydrogen-bond acceptors (Lipinski definition) is 1. The number of hydrogen-bond donors (Lipinski definition) is 0. The molecule has 0 unspecified atom stereocenters. The van der Waals surface area contributed by atoms with Crippen molar-refractivity contribution < 1.29 is 4.42 Å². The van der Waals surface area contributed by atoms with Gasteiger partial charge in [0.2, 0.25) is 0 Å². The van der Waals surface area contributed by atoms with E-state index in [4.69, 9.17) is 4.42 Å². The first kappa shape index (κ1) is 22.8. The molecule has 200 valence electrons. The van der Waals surface area contributed by atoms with E-state index in [0.717, 1.165) is 33.3 Å². The Kier molecular flexibility index (Phi) is 4.45. The second-order valence-electron chi connectivity index (χ2n) is 11.4. The molecule has 0 N–H and O–H groups in total. The lowest BCUT2D eigenvalue weighted by Gasteiger charge is -2.10. The molecule has 0 bridgehead atoms. The van der Waals surface area contributed by atoms with Crippen LogP contribution in [0.15, 0.2) is 150 Å². The van der Waals surface area contributed by atoms with Crippen molar-refractivity contribution in [3.63, 3.8) is 0 Å². The number of benzene rings is 7. The maximum Gasteiger partial charge on any atom is 0.136 e. The van der Waals surface area contributed by atoms with E-state index in [1.165, 1.54) is 54.4 Å². The van der Waals surface area contributed by atoms with Gasteiger partial charge >= 0.3 is 0 Å². The Labute approximate surface area is 246 Å². The number of furan rings is 1. The Morgan fingerprint density at radius 3 is 1.63 bits per heavy atom. The van der Waals surface area contributed by atoms with Crippen LogP contribution in [-0.2, 0) is 0 Å². The number of para-hydroxylation sites is 3. The Balaban J connectivity index is 1.32. The molecule has 0 aliphatic heterocycles. The van der Waals surface area contributed by atoms with E-state index < -0.39 is 0 Å². The summed E-state index contributed by atoms with van der Waals surface area (Å²) in [7, 11) is 0. The molecule has 0 saturated heterocycles. The highest BCUT2D eigenvalue weighted by atomic mass is 16.3. The molecule has 0 aliphatic rings. The summed E-state index contributed by atoms with van der Waals surface area (Å²) in [6, 6.07) is 52.4. The molecule has 0 amide bonds. The van der Waals surface area contributed by atoms with Crippen molar-refractivity contribution in [1.82, 2.24) is 9.13 Å². The third-order valence-corrected chi connectivity index (χ3v) is 9.06. The molecule has 3 heteroatoms. The predicted molar refractivity (Wildman–Crippen MR) is 180 cm³/mol. The van der Waals surface area contributed by atoms with Crippen molar-refractivity contribution in [2.24, 2.45) is 0 Å². The van der Waals surface area contributed by atoms with Crippen LogP contribution in [0, 0.1) is 0 Å². The maximum atomic E-state index is 6.35. The van der Waals surface area contributed by atoms with Crippen LogP contribution in [0.2, 0.25) is 0 Å². The Bertz CT molecular complexity index is 2720. The molecule has 3 heterocycles. The summed E-state index contributed by atoms with van der Waals surface area (Å²) in [4.78, 5) is 0. The topological polar surface area (TPSA) is 23.0 Å². The van der Waals surface area contributed by atoms with Gasteiger partial charge in [-0.05, 0) is 77.5 Å². The van der Waals surface area contributed by atoms with Gasteiger partial charge in [-0.1, -0.05) is 78.9 Å². The van der Waals surface area contributed by atoms with Gasteiger partial charge in [0, 0.05) is 43.7 Å². The van der Waals surface area contributed by atoms with Gasteiger partial charge in [0.05, 0.1) is 22.1 Å². The van der Waals surface area contributed by atoms with Gasteiger partial charge in [-0.25, -0.2) is 0 Å². The molecule has 7 aromatic carbocycles. The van der Waals surface area contributed by atoms with Crippen molar-refractivity contribution in [1.29, 1.82) is 0 Å². The third kappa shape index (κ3) is 3.14. The van der Waals surface area contributed by atoms with E-state index in [0.29, 0.717) is 0 Å². The van der Waals surface area contributed by atoms with E-state index in [1.54, 1.807) is 0 Å². The largest absolute Gasteiger partial charge is 0.456 e. The normalized spacial score (nSPS) is 12.2. The first-order valence-corrected chi connectivity index (χ1v) is 14.7. The minimum Gasteiger partial charge on any atom is -0.456 e. The maximum absolute atomic E-state index is 6.35. The van der Waals surface area contributed by atoms with Gasteiger partial charge in [0.25, 0.3) is 0 Å². The lowest BCUT2D eigenvalue weighted by Crippen LogP contribution is -1.95. The molecule has 3 nitrogen and oxygen atoms in total. The van der Waals surface area contributed by atoms with Crippen LogP contribution in [0.5, 0.6) is 0 Å². The summed E-state index contributed by atoms with van der Waals surface area (Å²) in [5.74, 6) is 0. The van der Waals surface area contributed by atoms with Crippen molar-refractivity contribution in [2.75, 3.05) is 0 Å². The standard InChI is InChI=1S/C40H24N2O/c1-2-12-27(13-3-1)41-35-16-8-6-14-29(35)31-23-32-30-15-7-9-17-36(30)42(38(32)24-37(31)41)28-18-19-39-34(22-28)33-20-25-10-4-5-11-26(25)21-40(33)43-39/h1-24H. The summed E-state index contributed by atoms with van der Waals surface area (Å²) >= 11 is 0. The molecule has 0 fully saturated rings. The van der Waals surface area contributed by atoms with Gasteiger partial charge in [0.15, 0.2) is 0 Å². The first-order chi connectivity index (χ1) is 21.3. The summed E-state index contributed by atoms with van der Waals surface area (Å²) in [5.41, 5.74) is 8.90. The fourth-order valence-electron chi connectivity index (χ4n) is 7.15. The molecule has 3 aromatic heterocycles. The number of fused-ring (bicyclic) bond motifs is 10. The van der Waals surface area contributed by atoms with Crippen molar-refractivity contribution in [3.8, 4) is 11.4 Å². The SMILES string of the molecule is c1ccc(-n2c3ccccc3c3cc4c5ccccc5n(-c5ccc6oc7cc8ccccc8cc7c6c5)c4cc32)cc1. The zero-order valence-electron chi connectivity index (χ0n) is 23.2. The van der Waals surface area contributed by atoms with Crippen LogP contribution in [-0.4, -0.2) is 9.13 Å². The lowest BCUT2D eigenvalue weighted by molar-refractivity contribution is 0.669. The van der Waals surface area contributed by atoms with Crippen molar-refractivity contribution in [3.05, 3.63) is 146 Å². The molecule has 43 heavy (non-hydrogen) atoms. The summed E-state index contributed by atoms with van der Waals surface area (Å²) in [5, 5.41) is 9.70. The molecule has 0 radical (unpaired) electrons. The zero-order chi connectivity index (χ0) is 28.1. The van der Waals surface area contributed by atoms with E-state index in [-0.39, 0.29) is 0 Å². The quantitative estimate of drug-likeness (QED) is 0.211. The fraction of sp³-hybridized carbons (Fsp3) is 0. The van der Waals surface area contributed by atoms with Crippen LogP contribution < -0.4 is 0 Å². The van der Waals surface area contributed by atoms with E-state index in [2.05, 4.69) is 155 Å². The van der Waals surface area contributed by atoms with Gasteiger partial charge in [0.1, 0.15) is 11.2 Å². The van der Waals surface area contributed by atoms with Gasteiger partial charge in [-0.15, -0.1) is 0 Å². The highest BCUT2D eigenvalue weighted by molar-refractivity contribution is 6.19. The van der Waals surface area contributed by atoms with Crippen LogP contribution in [0.1, 0.15) is 0 Å². The van der Waals surface area contributed by atoms with Crippen LogP contribution in [0.3, 0.4) is 0 Å². The molecule has 10 aromatic rings. The third-order valence-electron chi connectivity index (χ3n) is 9.06. The molecule has 0 spiro atoms.